The van der Waals surface area contributed by atoms with E-state index in [-0.39, 0.29) is 5.78 Å². The molecule has 1 N–H and O–H groups in total. The molecule has 4 aromatic rings. The molecule has 0 saturated carbocycles. The zero-order valence-electron chi connectivity index (χ0n) is 15.9. The molecular weight excluding hydrogens is 504 g/mol. The van der Waals surface area contributed by atoms with Gasteiger partial charge in [-0.1, -0.05) is 105 Å². The Bertz CT molecular complexity index is 1150. The summed E-state index contributed by atoms with van der Waals surface area (Å²) in [5.74, 6) is -0.311. The second-order valence-electron chi connectivity index (χ2n) is 6.98. The maximum Gasteiger partial charge on any atom is 0.195 e. The van der Waals surface area contributed by atoms with Crippen molar-refractivity contribution >= 4 is 37.6 Å². The molecule has 2 nitrogen and oxygen atoms in total. The van der Waals surface area contributed by atoms with Crippen LogP contribution in [0, 0.1) is 0 Å². The summed E-state index contributed by atoms with van der Waals surface area (Å²) in [5.41, 5.74) is 5.27. The van der Waals surface area contributed by atoms with Gasteiger partial charge >= 0.3 is 0 Å². The topological polar surface area (TPSA) is 37.3 Å². The third kappa shape index (κ3) is 4.62. The molecule has 30 heavy (non-hydrogen) atoms. The summed E-state index contributed by atoms with van der Waals surface area (Å²) in [5, 5.41) is 10.6. The first-order valence-corrected chi connectivity index (χ1v) is 11.0. The van der Waals surface area contributed by atoms with Crippen LogP contribution in [-0.2, 0) is 0 Å². The summed E-state index contributed by atoms with van der Waals surface area (Å²) in [6.07, 6.45) is -1.19. The first kappa shape index (κ1) is 20.7. The smallest absolute Gasteiger partial charge is 0.195 e. The Kier molecular flexibility index (Phi) is 6.28. The summed E-state index contributed by atoms with van der Waals surface area (Å²) in [6.45, 7) is 0. The Morgan fingerprint density at radius 2 is 0.900 bits per heavy atom. The molecule has 4 rings (SSSR count). The van der Waals surface area contributed by atoms with Crippen molar-refractivity contribution in [3.63, 3.8) is 0 Å². The van der Waals surface area contributed by atoms with Gasteiger partial charge in [-0.2, -0.15) is 0 Å². The molecule has 4 heteroatoms. The highest BCUT2D eigenvalue weighted by molar-refractivity contribution is 9.10. The lowest BCUT2D eigenvalue weighted by atomic mass is 9.96. The normalized spacial score (nSPS) is 11.8. The molecule has 0 fully saturated rings. The number of hydrogen-bond acceptors (Lipinski definition) is 2. The van der Waals surface area contributed by atoms with Crippen LogP contribution in [0.15, 0.2) is 106 Å². The number of carbonyl (C=O) groups excluding carboxylic acids is 1. The van der Waals surface area contributed by atoms with Crippen molar-refractivity contribution in [1.82, 2.24) is 0 Å². The number of ketones is 1. The Morgan fingerprint density at radius 3 is 1.30 bits per heavy atom. The first-order valence-electron chi connectivity index (χ1n) is 9.45. The molecule has 0 aromatic heterocycles. The lowest BCUT2D eigenvalue weighted by Gasteiger charge is -2.12. The Balaban J connectivity index is 1.50. The van der Waals surface area contributed by atoms with Crippen molar-refractivity contribution in [3.05, 3.63) is 117 Å². The van der Waals surface area contributed by atoms with Gasteiger partial charge in [0.2, 0.25) is 0 Å². The second kappa shape index (κ2) is 9.09. The van der Waals surface area contributed by atoms with Gasteiger partial charge in [-0.05, 0) is 52.1 Å². The summed E-state index contributed by atoms with van der Waals surface area (Å²) in [6, 6.07) is 30.8. The number of benzene rings is 4. The summed E-state index contributed by atoms with van der Waals surface area (Å²) in [4.78, 5) is 12.8. The van der Waals surface area contributed by atoms with E-state index in [2.05, 4.69) is 31.9 Å². The van der Waals surface area contributed by atoms with Gasteiger partial charge in [0, 0.05) is 14.5 Å². The number of aliphatic hydroxyl groups is 1. The van der Waals surface area contributed by atoms with Gasteiger partial charge < -0.3 is 5.11 Å². The van der Waals surface area contributed by atoms with Gasteiger partial charge in [0.05, 0.1) is 0 Å². The predicted molar refractivity (Wildman–Crippen MR) is 128 cm³/mol. The van der Waals surface area contributed by atoms with E-state index in [9.17, 15) is 9.90 Å². The number of aliphatic hydroxyl groups excluding tert-OH is 1. The highest BCUT2D eigenvalue weighted by atomic mass is 79.9. The fraction of sp³-hybridized carbons (Fsp3) is 0.0385. The molecule has 0 spiro atoms. The van der Waals surface area contributed by atoms with Crippen LogP contribution in [-0.4, -0.2) is 10.9 Å². The van der Waals surface area contributed by atoms with E-state index in [1.165, 1.54) is 0 Å². The molecule has 4 aromatic carbocycles. The zero-order valence-corrected chi connectivity index (χ0v) is 19.1. The van der Waals surface area contributed by atoms with E-state index in [0.717, 1.165) is 31.2 Å². The summed E-state index contributed by atoms with van der Waals surface area (Å²) in [7, 11) is 0. The lowest BCUT2D eigenvalue weighted by molar-refractivity contribution is 0.0747. The predicted octanol–water partition coefficient (Wildman–Crippen LogP) is 7.46. The highest BCUT2D eigenvalue weighted by Crippen LogP contribution is 2.27. The van der Waals surface area contributed by atoms with Crippen LogP contribution < -0.4 is 0 Å². The molecule has 148 valence electrons. The molecule has 0 aliphatic carbocycles. The lowest BCUT2D eigenvalue weighted by Crippen LogP contribution is -2.12. The van der Waals surface area contributed by atoms with Gasteiger partial charge in [0.15, 0.2) is 5.78 Å². The molecule has 1 atom stereocenters. The zero-order chi connectivity index (χ0) is 21.1. The maximum atomic E-state index is 12.8. The van der Waals surface area contributed by atoms with E-state index >= 15 is 0 Å². The van der Waals surface area contributed by atoms with E-state index in [4.69, 9.17) is 0 Å². The van der Waals surface area contributed by atoms with Crippen LogP contribution >= 0.6 is 31.9 Å². The molecule has 0 radical (unpaired) electrons. The molecule has 0 aliphatic rings. The molecule has 0 bridgehead atoms. The van der Waals surface area contributed by atoms with Crippen LogP contribution in [0.5, 0.6) is 0 Å². The number of carbonyl (C=O) groups is 1. The summed E-state index contributed by atoms with van der Waals surface area (Å²) >= 11 is 6.87. The minimum Gasteiger partial charge on any atom is -0.380 e. The largest absolute Gasteiger partial charge is 0.380 e. The van der Waals surface area contributed by atoms with Crippen molar-refractivity contribution in [3.8, 4) is 22.3 Å². The van der Waals surface area contributed by atoms with Crippen molar-refractivity contribution in [2.45, 2.75) is 6.10 Å². The molecule has 0 saturated heterocycles. The van der Waals surface area contributed by atoms with Gasteiger partial charge in [0.1, 0.15) is 6.10 Å². The van der Waals surface area contributed by atoms with Crippen molar-refractivity contribution in [2.75, 3.05) is 0 Å². The maximum absolute atomic E-state index is 12.8. The van der Waals surface area contributed by atoms with Gasteiger partial charge in [0.25, 0.3) is 0 Å². The minimum absolute atomic E-state index is 0.311. The van der Waals surface area contributed by atoms with Crippen LogP contribution in [0.4, 0.5) is 0 Å². The first-order chi connectivity index (χ1) is 14.5. The third-order valence-electron chi connectivity index (χ3n) is 5.00. The highest BCUT2D eigenvalue weighted by Gasteiger charge is 2.19. The van der Waals surface area contributed by atoms with Gasteiger partial charge in [-0.25, -0.2) is 0 Å². The monoisotopic (exact) mass is 520 g/mol. The van der Waals surface area contributed by atoms with Crippen LogP contribution in [0.1, 0.15) is 22.0 Å². The van der Waals surface area contributed by atoms with Crippen molar-refractivity contribution in [2.24, 2.45) is 0 Å². The van der Waals surface area contributed by atoms with E-state index in [1.807, 2.05) is 72.8 Å². The number of Topliss-reactive ketones (excluding diaryl/α,β-unsaturated/α-hetero) is 1. The standard InChI is InChI=1S/C26H18Br2O2/c27-23-13-9-19(10-14-23)17-1-5-21(6-2-17)25(29)26(30)22-7-3-18(4-8-22)20-11-15-24(28)16-12-20/h1-16,25,29H. The molecule has 0 aliphatic heterocycles. The molecular formula is C26H18Br2O2. The number of halogens is 2. The van der Waals surface area contributed by atoms with Gasteiger partial charge in [-0.15, -0.1) is 0 Å². The average Bonchev–Trinajstić information content (AvgIpc) is 2.79. The fourth-order valence-electron chi connectivity index (χ4n) is 3.28. The van der Waals surface area contributed by atoms with Crippen LogP contribution in [0.3, 0.4) is 0 Å². The van der Waals surface area contributed by atoms with Crippen LogP contribution in [0.25, 0.3) is 22.3 Å². The summed E-state index contributed by atoms with van der Waals surface area (Å²) < 4.78 is 2.04. The Labute approximate surface area is 192 Å². The molecule has 1 unspecified atom stereocenters. The molecule has 0 amide bonds. The average molecular weight is 522 g/mol. The van der Waals surface area contributed by atoms with E-state index in [0.29, 0.717) is 11.1 Å². The van der Waals surface area contributed by atoms with E-state index < -0.39 is 6.10 Å². The Morgan fingerprint density at radius 1 is 0.567 bits per heavy atom. The fourth-order valence-corrected chi connectivity index (χ4v) is 3.81. The van der Waals surface area contributed by atoms with Crippen LogP contribution in [0.2, 0.25) is 0 Å². The van der Waals surface area contributed by atoms with E-state index in [1.54, 1.807) is 24.3 Å². The third-order valence-corrected chi connectivity index (χ3v) is 6.06. The SMILES string of the molecule is O=C(c1ccc(-c2ccc(Br)cc2)cc1)C(O)c1ccc(-c2ccc(Br)cc2)cc1. The minimum atomic E-state index is -1.19. The number of hydrogen-bond donors (Lipinski definition) is 1. The Hall–Kier alpha value is -2.53. The van der Waals surface area contributed by atoms with Crippen molar-refractivity contribution < 1.29 is 9.90 Å². The van der Waals surface area contributed by atoms with Gasteiger partial charge in [-0.3, -0.25) is 4.79 Å². The number of rotatable bonds is 5. The second-order valence-corrected chi connectivity index (χ2v) is 8.81. The molecule has 0 heterocycles. The van der Waals surface area contributed by atoms with Crippen molar-refractivity contribution in [1.29, 1.82) is 0 Å². The quantitative estimate of drug-likeness (QED) is 0.277.